The van der Waals surface area contributed by atoms with Crippen LogP contribution < -0.4 is 0 Å². The predicted octanol–water partition coefficient (Wildman–Crippen LogP) is 3.53. The van der Waals surface area contributed by atoms with Gasteiger partial charge in [-0.25, -0.2) is 0 Å². The number of hydrogen-bond donors (Lipinski definition) is 1. The fourth-order valence-electron chi connectivity index (χ4n) is 2.14. The molecule has 0 unspecified atom stereocenters. The molecule has 0 bridgehead atoms. The van der Waals surface area contributed by atoms with Gasteiger partial charge in [0.2, 0.25) is 0 Å². The summed E-state index contributed by atoms with van der Waals surface area (Å²) in [6, 6.07) is 5.50. The predicted molar refractivity (Wildman–Crippen MR) is 72.5 cm³/mol. The molecule has 1 aliphatic rings. The number of rotatable bonds is 1. The molecule has 1 N–H and O–H groups in total. The lowest BCUT2D eigenvalue weighted by molar-refractivity contribution is 0.215. The van der Waals surface area contributed by atoms with Gasteiger partial charge in [0.25, 0.3) is 0 Å². The molecule has 0 spiro atoms. The maximum Gasteiger partial charge on any atom is 0.101 e. The van der Waals surface area contributed by atoms with E-state index in [1.807, 2.05) is 13.0 Å². The third-order valence-electron chi connectivity index (χ3n) is 3.29. The average Bonchev–Trinajstić information content (AvgIpc) is 2.38. The molecule has 0 radical (unpaired) electrons. The summed E-state index contributed by atoms with van der Waals surface area (Å²) in [6.45, 7) is 1.85. The van der Waals surface area contributed by atoms with E-state index in [-0.39, 0.29) is 0 Å². The number of aliphatic hydroxyl groups excluding tert-OH is 1. The van der Waals surface area contributed by atoms with Crippen molar-refractivity contribution in [2.75, 3.05) is 0 Å². The lowest BCUT2D eigenvalue weighted by Crippen LogP contribution is -2.24. The number of benzene rings is 1. The Balaban J connectivity index is 2.38. The summed E-state index contributed by atoms with van der Waals surface area (Å²) in [5.74, 6) is 0. The van der Waals surface area contributed by atoms with Crippen molar-refractivity contribution in [2.45, 2.75) is 38.7 Å². The molecule has 4 heteroatoms. The first kappa shape index (κ1) is 13.1. The summed E-state index contributed by atoms with van der Waals surface area (Å²) < 4.78 is 0. The summed E-state index contributed by atoms with van der Waals surface area (Å²) in [7, 11) is 0. The Labute approximate surface area is 112 Å². The summed E-state index contributed by atoms with van der Waals surface area (Å²) in [4.78, 5) is 4.51. The van der Waals surface area contributed by atoms with Gasteiger partial charge in [0, 0.05) is 5.71 Å². The molecule has 0 aromatic heterocycles. The Hall–Kier alpha value is -1.37. The molecule has 1 atom stereocenters. The number of halogens is 1. The Bertz CT molecular complexity index is 531. The molecule has 0 amide bonds. The van der Waals surface area contributed by atoms with Gasteiger partial charge in [0.05, 0.1) is 22.4 Å². The molecule has 2 rings (SSSR count). The molecule has 1 saturated carbocycles. The molecule has 1 aliphatic carbocycles. The van der Waals surface area contributed by atoms with Crippen molar-refractivity contribution < 1.29 is 5.11 Å². The van der Waals surface area contributed by atoms with Crippen molar-refractivity contribution in [1.29, 1.82) is 5.26 Å². The molecule has 1 fully saturated rings. The highest BCUT2D eigenvalue weighted by atomic mass is 35.5. The van der Waals surface area contributed by atoms with Gasteiger partial charge < -0.3 is 5.11 Å². The molecule has 1 aromatic rings. The zero-order valence-electron chi connectivity index (χ0n) is 10.3. The van der Waals surface area contributed by atoms with E-state index in [1.165, 1.54) is 0 Å². The standard InChI is InChI=1S/C14H15ClN2O/c1-9-11(7-6-10(8-16)14(9)15)17-12-4-2-3-5-13(12)18/h6-7,13,18H,2-5H2,1H3/t13-/m0/s1. The highest BCUT2D eigenvalue weighted by molar-refractivity contribution is 6.32. The fourth-order valence-corrected chi connectivity index (χ4v) is 2.35. The zero-order chi connectivity index (χ0) is 13.1. The molecule has 18 heavy (non-hydrogen) atoms. The van der Waals surface area contributed by atoms with Crippen LogP contribution in [0.4, 0.5) is 5.69 Å². The first-order valence-corrected chi connectivity index (χ1v) is 6.46. The van der Waals surface area contributed by atoms with Crippen LogP contribution in [-0.2, 0) is 0 Å². The maximum atomic E-state index is 9.88. The second-order valence-corrected chi connectivity index (χ2v) is 4.93. The number of aliphatic imine (C=N–C) groups is 1. The van der Waals surface area contributed by atoms with Crippen LogP contribution in [0.3, 0.4) is 0 Å². The van der Waals surface area contributed by atoms with E-state index in [2.05, 4.69) is 4.99 Å². The minimum Gasteiger partial charge on any atom is -0.387 e. The summed E-state index contributed by atoms with van der Waals surface area (Å²) in [5.41, 5.74) is 2.82. The highest BCUT2D eigenvalue weighted by Gasteiger charge is 2.18. The van der Waals surface area contributed by atoms with Crippen molar-refractivity contribution >= 4 is 23.0 Å². The van der Waals surface area contributed by atoms with E-state index in [0.29, 0.717) is 10.6 Å². The SMILES string of the molecule is Cc1c(N=C2CCCC[C@@H]2O)ccc(C#N)c1Cl. The Morgan fingerprint density at radius 2 is 2.22 bits per heavy atom. The summed E-state index contributed by atoms with van der Waals surface area (Å²) >= 11 is 6.10. The topological polar surface area (TPSA) is 56.4 Å². The monoisotopic (exact) mass is 262 g/mol. The van der Waals surface area contributed by atoms with Crippen LogP contribution in [0.15, 0.2) is 17.1 Å². The lowest BCUT2D eigenvalue weighted by Gasteiger charge is -2.19. The van der Waals surface area contributed by atoms with Crippen LogP contribution in [0.2, 0.25) is 5.02 Å². The van der Waals surface area contributed by atoms with Crippen LogP contribution in [0, 0.1) is 18.3 Å². The minimum atomic E-state index is -0.437. The van der Waals surface area contributed by atoms with Gasteiger partial charge >= 0.3 is 0 Å². The molecular formula is C14H15ClN2O. The third kappa shape index (κ3) is 2.55. The van der Waals surface area contributed by atoms with Gasteiger partial charge in [-0.2, -0.15) is 5.26 Å². The van der Waals surface area contributed by atoms with Crippen molar-refractivity contribution in [1.82, 2.24) is 0 Å². The van der Waals surface area contributed by atoms with Gasteiger partial charge in [0.15, 0.2) is 0 Å². The molecular weight excluding hydrogens is 248 g/mol. The van der Waals surface area contributed by atoms with Crippen LogP contribution >= 0.6 is 11.6 Å². The van der Waals surface area contributed by atoms with E-state index >= 15 is 0 Å². The molecule has 0 aliphatic heterocycles. The van der Waals surface area contributed by atoms with Crippen molar-refractivity contribution in [3.63, 3.8) is 0 Å². The lowest BCUT2D eigenvalue weighted by atomic mass is 9.95. The first-order valence-electron chi connectivity index (χ1n) is 6.08. The van der Waals surface area contributed by atoms with E-state index in [0.717, 1.165) is 42.6 Å². The van der Waals surface area contributed by atoms with Crippen molar-refractivity contribution in [2.24, 2.45) is 4.99 Å². The summed E-state index contributed by atoms with van der Waals surface area (Å²) in [5, 5.41) is 19.2. The minimum absolute atomic E-state index is 0.437. The normalized spacial score (nSPS) is 21.9. The van der Waals surface area contributed by atoms with Crippen LogP contribution in [0.25, 0.3) is 0 Å². The fraction of sp³-hybridized carbons (Fsp3) is 0.429. The molecule has 1 aromatic carbocycles. The molecule has 94 valence electrons. The Morgan fingerprint density at radius 3 is 2.89 bits per heavy atom. The van der Waals surface area contributed by atoms with Gasteiger partial charge in [0.1, 0.15) is 6.07 Å². The van der Waals surface area contributed by atoms with E-state index in [1.54, 1.807) is 12.1 Å². The van der Waals surface area contributed by atoms with Crippen LogP contribution in [-0.4, -0.2) is 16.9 Å². The van der Waals surface area contributed by atoms with E-state index < -0.39 is 6.10 Å². The van der Waals surface area contributed by atoms with Crippen LogP contribution in [0.5, 0.6) is 0 Å². The molecule has 0 heterocycles. The smallest absolute Gasteiger partial charge is 0.101 e. The van der Waals surface area contributed by atoms with E-state index in [9.17, 15) is 5.11 Å². The quantitative estimate of drug-likeness (QED) is 0.842. The number of nitrogens with zero attached hydrogens (tertiary/aromatic N) is 2. The highest BCUT2D eigenvalue weighted by Crippen LogP contribution is 2.30. The average molecular weight is 263 g/mol. The van der Waals surface area contributed by atoms with Gasteiger partial charge in [-0.3, -0.25) is 4.99 Å². The maximum absolute atomic E-state index is 9.88. The molecule has 3 nitrogen and oxygen atoms in total. The molecule has 0 saturated heterocycles. The van der Waals surface area contributed by atoms with Crippen molar-refractivity contribution in [3.8, 4) is 6.07 Å². The zero-order valence-corrected chi connectivity index (χ0v) is 11.0. The van der Waals surface area contributed by atoms with Crippen LogP contribution in [0.1, 0.15) is 36.8 Å². The Kier molecular flexibility index (Phi) is 4.00. The largest absolute Gasteiger partial charge is 0.387 e. The van der Waals surface area contributed by atoms with Gasteiger partial charge in [-0.05, 0) is 43.9 Å². The third-order valence-corrected chi connectivity index (χ3v) is 3.77. The van der Waals surface area contributed by atoms with Gasteiger partial charge in [-0.1, -0.05) is 18.0 Å². The second kappa shape index (κ2) is 5.51. The number of hydrogen-bond acceptors (Lipinski definition) is 3. The number of nitriles is 1. The first-order chi connectivity index (χ1) is 8.63. The van der Waals surface area contributed by atoms with E-state index in [4.69, 9.17) is 16.9 Å². The second-order valence-electron chi connectivity index (χ2n) is 4.55. The Morgan fingerprint density at radius 1 is 1.44 bits per heavy atom. The summed E-state index contributed by atoms with van der Waals surface area (Å²) in [6.07, 6.45) is 3.29. The van der Waals surface area contributed by atoms with Gasteiger partial charge in [-0.15, -0.1) is 0 Å². The number of aliphatic hydroxyl groups is 1. The van der Waals surface area contributed by atoms with Crippen molar-refractivity contribution in [3.05, 3.63) is 28.3 Å².